The minimum absolute atomic E-state index is 0.0727. The Labute approximate surface area is 275 Å². The molecule has 0 heterocycles. The van der Waals surface area contributed by atoms with Crippen molar-refractivity contribution in [1.29, 1.82) is 0 Å². The van der Waals surface area contributed by atoms with E-state index in [1.165, 1.54) is 18.2 Å². The Kier molecular flexibility index (Phi) is 11.8. The third-order valence-electron chi connectivity index (χ3n) is 8.13. The topological polar surface area (TPSA) is 92.7 Å². The van der Waals surface area contributed by atoms with E-state index in [9.17, 15) is 18.3 Å². The highest BCUT2D eigenvalue weighted by atomic mass is 32.2. The summed E-state index contributed by atoms with van der Waals surface area (Å²) in [6.45, 7) is -0.261. The van der Waals surface area contributed by atoms with Gasteiger partial charge in [-0.3, -0.25) is 4.79 Å². The van der Waals surface area contributed by atoms with Crippen LogP contribution in [0.4, 0.5) is 4.39 Å². The summed E-state index contributed by atoms with van der Waals surface area (Å²) in [6.07, 6.45) is -0.759. The normalized spacial score (nSPS) is 12.9. The summed E-state index contributed by atoms with van der Waals surface area (Å²) in [6, 6.07) is 40.7. The highest BCUT2D eigenvalue weighted by Crippen LogP contribution is 2.32. The van der Waals surface area contributed by atoms with Gasteiger partial charge in [0, 0.05) is 18.4 Å². The second-order valence-electron chi connectivity index (χ2n) is 11.4. The second-order valence-corrected chi connectivity index (χ2v) is 13.1. The molecule has 0 aliphatic carbocycles. The van der Waals surface area contributed by atoms with Crippen LogP contribution in [0.2, 0.25) is 0 Å². The minimum Gasteiger partial charge on any atom is -0.395 e. The molecule has 6 nitrogen and oxygen atoms in total. The Morgan fingerprint density at radius 3 is 1.87 bits per heavy atom. The predicted molar refractivity (Wildman–Crippen MR) is 181 cm³/mol. The van der Waals surface area contributed by atoms with Gasteiger partial charge in [-0.05, 0) is 58.9 Å². The first-order valence-corrected chi connectivity index (χ1v) is 17.1. The largest absolute Gasteiger partial charge is 0.395 e. The van der Waals surface area contributed by atoms with E-state index in [4.69, 9.17) is 4.74 Å². The summed E-state index contributed by atoms with van der Waals surface area (Å²) in [5, 5.41) is 10.0. The van der Waals surface area contributed by atoms with E-state index in [1.807, 2.05) is 91.0 Å². The Morgan fingerprint density at radius 1 is 0.745 bits per heavy atom. The third-order valence-corrected chi connectivity index (χ3v) is 9.67. The average Bonchev–Trinajstić information content (AvgIpc) is 3.10. The van der Waals surface area contributed by atoms with E-state index in [2.05, 4.69) is 4.72 Å². The maximum atomic E-state index is 15.4. The van der Waals surface area contributed by atoms with Gasteiger partial charge < -0.3 is 9.84 Å². The number of halogens is 1. The number of nitrogens with one attached hydrogen (secondary N) is 1. The summed E-state index contributed by atoms with van der Waals surface area (Å²) >= 11 is 0. The van der Waals surface area contributed by atoms with Crippen molar-refractivity contribution in [3.8, 4) is 0 Å². The van der Waals surface area contributed by atoms with E-state index >= 15 is 4.39 Å². The molecule has 0 aromatic heterocycles. The van der Waals surface area contributed by atoms with Gasteiger partial charge in [-0.15, -0.1) is 0 Å². The molecule has 5 rings (SSSR count). The highest BCUT2D eigenvalue weighted by molar-refractivity contribution is 7.89. The molecule has 2 atom stereocenters. The number of hydrogen-bond donors (Lipinski definition) is 2. The number of sulfonamides is 1. The summed E-state index contributed by atoms with van der Waals surface area (Å²) in [7, 11) is -3.89. The lowest BCUT2D eigenvalue weighted by Gasteiger charge is -2.28. The van der Waals surface area contributed by atoms with Gasteiger partial charge in [-0.1, -0.05) is 121 Å². The molecule has 0 spiro atoms. The van der Waals surface area contributed by atoms with E-state index in [0.717, 1.165) is 16.7 Å². The van der Waals surface area contributed by atoms with Crippen LogP contribution in [0.15, 0.2) is 144 Å². The molecule has 242 valence electrons. The molecule has 2 N–H and O–H groups in total. The number of aliphatic hydroxyl groups excluding tert-OH is 1. The number of carbonyl (C=O) groups is 1. The molecule has 0 radical (unpaired) electrons. The van der Waals surface area contributed by atoms with Crippen LogP contribution in [-0.4, -0.2) is 38.1 Å². The van der Waals surface area contributed by atoms with Gasteiger partial charge in [-0.2, -0.15) is 0 Å². The van der Waals surface area contributed by atoms with Gasteiger partial charge in [0.25, 0.3) is 0 Å². The van der Waals surface area contributed by atoms with Crippen molar-refractivity contribution in [1.82, 2.24) is 4.72 Å². The number of rotatable bonds is 16. The number of carbonyl (C=O) groups excluding carboxylic acids is 1. The molecular formula is C39H38FNO5S. The molecule has 0 fully saturated rings. The molecular weight excluding hydrogens is 613 g/mol. The van der Waals surface area contributed by atoms with Crippen molar-refractivity contribution in [3.05, 3.63) is 173 Å². The first kappa shape index (κ1) is 33.9. The fourth-order valence-electron chi connectivity index (χ4n) is 5.73. The smallest absolute Gasteiger partial charge is 0.240 e. The molecule has 47 heavy (non-hydrogen) atoms. The molecule has 1 unspecified atom stereocenters. The van der Waals surface area contributed by atoms with Crippen LogP contribution in [0.3, 0.4) is 0 Å². The number of ether oxygens (including phenoxy) is 1. The van der Waals surface area contributed by atoms with Gasteiger partial charge in [0.15, 0.2) is 5.78 Å². The maximum Gasteiger partial charge on any atom is 0.240 e. The minimum atomic E-state index is -3.89. The number of benzene rings is 5. The second kappa shape index (κ2) is 16.4. The van der Waals surface area contributed by atoms with E-state index < -0.39 is 40.5 Å². The van der Waals surface area contributed by atoms with Crippen molar-refractivity contribution in [2.45, 2.75) is 48.8 Å². The lowest BCUT2D eigenvalue weighted by molar-refractivity contribution is -0.131. The number of aliphatic hydroxyl groups is 1. The molecule has 8 heteroatoms. The summed E-state index contributed by atoms with van der Waals surface area (Å²) < 4.78 is 50.1. The van der Waals surface area contributed by atoms with Crippen LogP contribution in [0.1, 0.15) is 40.2 Å². The molecule has 0 bridgehead atoms. The van der Waals surface area contributed by atoms with Crippen LogP contribution in [0.25, 0.3) is 0 Å². The number of ketones is 1. The fraction of sp³-hybridized carbons (Fsp3) is 0.205. The summed E-state index contributed by atoms with van der Waals surface area (Å²) in [4.78, 5) is 14.4. The highest BCUT2D eigenvalue weighted by Gasteiger charge is 2.32. The zero-order chi connectivity index (χ0) is 33.1. The molecule has 5 aromatic carbocycles. The van der Waals surface area contributed by atoms with Gasteiger partial charge in [0.1, 0.15) is 11.9 Å². The molecule has 0 amide bonds. The first-order chi connectivity index (χ1) is 22.9. The fourth-order valence-corrected chi connectivity index (χ4v) is 7.01. The van der Waals surface area contributed by atoms with Crippen molar-refractivity contribution in [2.24, 2.45) is 0 Å². The zero-order valence-electron chi connectivity index (χ0n) is 25.9. The monoisotopic (exact) mass is 651 g/mol. The molecule has 5 aromatic rings. The lowest BCUT2D eigenvalue weighted by atomic mass is 9.83. The van der Waals surface area contributed by atoms with Gasteiger partial charge in [0.2, 0.25) is 10.0 Å². The van der Waals surface area contributed by atoms with Gasteiger partial charge in [0.05, 0.1) is 18.1 Å². The van der Waals surface area contributed by atoms with Gasteiger partial charge in [-0.25, -0.2) is 17.5 Å². The summed E-state index contributed by atoms with van der Waals surface area (Å²) in [5.74, 6) is -1.13. The van der Waals surface area contributed by atoms with Gasteiger partial charge >= 0.3 is 0 Å². The molecule has 0 aliphatic heterocycles. The van der Waals surface area contributed by atoms with E-state index in [-0.39, 0.29) is 36.5 Å². The first-order valence-electron chi connectivity index (χ1n) is 15.6. The predicted octanol–water partition coefficient (Wildman–Crippen LogP) is 6.63. The Bertz CT molecular complexity index is 1780. The Balaban J connectivity index is 1.41. The molecule has 0 aliphatic rings. The Hall–Kier alpha value is -4.47. The Morgan fingerprint density at radius 2 is 1.30 bits per heavy atom. The number of hydrogen-bond acceptors (Lipinski definition) is 5. The van der Waals surface area contributed by atoms with Crippen molar-refractivity contribution in [2.75, 3.05) is 6.61 Å². The SMILES string of the molecule is O=C(Cc1cccc(F)c1CC[C@@H](CO)NS(=O)(=O)c1ccccc1)C(OCc1ccccc1)C(c1ccccc1)c1ccccc1. The van der Waals surface area contributed by atoms with Crippen LogP contribution in [-0.2, 0) is 39.0 Å². The number of Topliss-reactive ketones (excluding diaryl/α,β-unsaturated/α-hetero) is 1. The van der Waals surface area contributed by atoms with E-state index in [1.54, 1.807) is 30.3 Å². The van der Waals surface area contributed by atoms with Crippen LogP contribution in [0, 0.1) is 5.82 Å². The third kappa shape index (κ3) is 9.08. The zero-order valence-corrected chi connectivity index (χ0v) is 26.7. The average molecular weight is 652 g/mol. The quantitative estimate of drug-likeness (QED) is 0.125. The van der Waals surface area contributed by atoms with Crippen LogP contribution < -0.4 is 4.72 Å². The van der Waals surface area contributed by atoms with Crippen molar-refractivity contribution in [3.63, 3.8) is 0 Å². The van der Waals surface area contributed by atoms with Crippen LogP contribution in [0.5, 0.6) is 0 Å². The standard InChI is InChI=1S/C39H38FNO5S/c40-36-23-13-20-32(35(36)25-24-33(27-42)41-47(44,45)34-21-11-4-12-22-34)26-37(43)39(46-28-29-14-5-1-6-15-29)38(30-16-7-2-8-17-30)31-18-9-3-10-19-31/h1-23,33,38-39,41-42H,24-28H2/t33-,39?/m0/s1. The summed E-state index contributed by atoms with van der Waals surface area (Å²) in [5.41, 5.74) is 3.55. The molecule has 0 saturated carbocycles. The molecule has 0 saturated heterocycles. The lowest BCUT2D eigenvalue weighted by Crippen LogP contribution is -2.38. The van der Waals surface area contributed by atoms with Crippen molar-refractivity contribution >= 4 is 15.8 Å². The van der Waals surface area contributed by atoms with E-state index in [0.29, 0.717) is 11.1 Å². The maximum absolute atomic E-state index is 15.4. The van der Waals surface area contributed by atoms with Crippen LogP contribution >= 0.6 is 0 Å². The van der Waals surface area contributed by atoms with Crippen molar-refractivity contribution < 1.29 is 27.4 Å².